The second kappa shape index (κ2) is 37.3. The number of carbonyl (C=O) groups excluding carboxylic acids is 1. The third-order valence-corrected chi connectivity index (χ3v) is 9.19. The summed E-state index contributed by atoms with van der Waals surface area (Å²) in [5.41, 5.74) is 0. The van der Waals surface area contributed by atoms with Crippen LogP contribution in [0.25, 0.3) is 0 Å². The van der Waals surface area contributed by atoms with Gasteiger partial charge in [0.1, 0.15) is 0 Å². The van der Waals surface area contributed by atoms with Crippen LogP contribution in [0.3, 0.4) is 0 Å². The molecule has 0 saturated heterocycles. The van der Waals surface area contributed by atoms with Gasteiger partial charge in [0.2, 0.25) is 5.91 Å². The Morgan fingerprint density at radius 2 is 0.867 bits per heavy atom. The molecule has 0 heterocycles. The van der Waals surface area contributed by atoms with Gasteiger partial charge in [-0.05, 0) is 32.1 Å². The van der Waals surface area contributed by atoms with Crippen molar-refractivity contribution in [2.75, 3.05) is 6.61 Å². The predicted molar refractivity (Wildman–Crippen MR) is 198 cm³/mol. The molecule has 4 nitrogen and oxygen atoms in total. The summed E-state index contributed by atoms with van der Waals surface area (Å²) in [7, 11) is 0. The zero-order valence-electron chi connectivity index (χ0n) is 30.4. The predicted octanol–water partition coefficient (Wildman–Crippen LogP) is 12.1. The molecule has 0 rings (SSSR count). The van der Waals surface area contributed by atoms with Crippen LogP contribution in [0.2, 0.25) is 0 Å². The van der Waals surface area contributed by atoms with Gasteiger partial charge in [-0.3, -0.25) is 4.79 Å². The number of aliphatic hydroxyl groups excluding tert-OH is 2. The van der Waals surface area contributed by atoms with Gasteiger partial charge in [-0.15, -0.1) is 0 Å². The molecule has 2 atom stereocenters. The highest BCUT2D eigenvalue weighted by Gasteiger charge is 2.17. The van der Waals surface area contributed by atoms with Crippen LogP contribution < -0.4 is 5.32 Å². The molecule has 2 unspecified atom stereocenters. The Morgan fingerprint density at radius 3 is 1.27 bits per heavy atom. The van der Waals surface area contributed by atoms with E-state index in [1.165, 1.54) is 161 Å². The molecule has 0 saturated carbocycles. The number of nitrogens with one attached hydrogen (secondary N) is 1. The quantitative estimate of drug-likeness (QED) is 0.0475. The fraction of sp³-hybridized carbons (Fsp3) is 0.878. The molecule has 0 spiro atoms. The molecule has 0 aromatic heterocycles. The molecule has 0 aromatic rings. The van der Waals surface area contributed by atoms with Crippen molar-refractivity contribution in [1.82, 2.24) is 5.32 Å². The molecule has 0 aliphatic carbocycles. The first-order valence-electron chi connectivity index (χ1n) is 20.1. The lowest BCUT2D eigenvalue weighted by atomic mass is 10.0. The van der Waals surface area contributed by atoms with E-state index in [9.17, 15) is 15.0 Å². The first-order valence-corrected chi connectivity index (χ1v) is 20.1. The highest BCUT2D eigenvalue weighted by Crippen LogP contribution is 2.16. The van der Waals surface area contributed by atoms with Crippen LogP contribution in [0.15, 0.2) is 24.3 Å². The van der Waals surface area contributed by atoms with Crippen molar-refractivity contribution in [3.63, 3.8) is 0 Å². The van der Waals surface area contributed by atoms with Crippen molar-refractivity contribution in [3.05, 3.63) is 24.3 Å². The van der Waals surface area contributed by atoms with Gasteiger partial charge in [0.15, 0.2) is 0 Å². The van der Waals surface area contributed by atoms with E-state index in [1.54, 1.807) is 6.08 Å². The van der Waals surface area contributed by atoms with E-state index in [2.05, 4.69) is 24.4 Å². The van der Waals surface area contributed by atoms with E-state index in [0.29, 0.717) is 6.42 Å². The fourth-order valence-electron chi connectivity index (χ4n) is 6.05. The molecule has 1 amide bonds. The number of hydrogen-bond donors (Lipinski definition) is 3. The van der Waals surface area contributed by atoms with Gasteiger partial charge in [0.25, 0.3) is 0 Å². The summed E-state index contributed by atoms with van der Waals surface area (Å²) >= 11 is 0. The monoisotopic (exact) mass is 634 g/mol. The molecule has 0 aliphatic rings. The van der Waals surface area contributed by atoms with Crippen molar-refractivity contribution >= 4 is 5.91 Å². The minimum atomic E-state index is -0.854. The van der Waals surface area contributed by atoms with E-state index in [4.69, 9.17) is 0 Å². The molecule has 3 N–H and O–H groups in total. The SMILES string of the molecule is CCCCCCCCCCCCCCCCCCCCCCCCCCC/C=C/CC/C=C/C(O)C(CO)NC(=O)CCCC. The van der Waals surface area contributed by atoms with Crippen molar-refractivity contribution in [3.8, 4) is 0 Å². The van der Waals surface area contributed by atoms with Gasteiger partial charge in [-0.2, -0.15) is 0 Å². The standard InChI is InChI=1S/C41H79NO3/c1-3-5-7-8-9-10-11-12-13-14-15-16-17-18-19-20-21-22-23-24-25-26-27-28-29-30-31-32-33-34-35-36-40(44)39(38-43)42-41(45)37-6-4-2/h31-32,35-36,39-40,43-44H,3-30,33-34,37-38H2,1-2H3,(H,42,45)/b32-31+,36-35+. The number of unbranched alkanes of at least 4 members (excludes halogenated alkanes) is 27. The van der Waals surface area contributed by atoms with Crippen LogP contribution in [-0.2, 0) is 4.79 Å². The highest BCUT2D eigenvalue weighted by molar-refractivity contribution is 5.76. The Kier molecular flexibility index (Phi) is 36.4. The summed E-state index contributed by atoms with van der Waals surface area (Å²) in [6.45, 7) is 4.07. The molecular weight excluding hydrogens is 554 g/mol. The van der Waals surface area contributed by atoms with Crippen LogP contribution in [0, 0.1) is 0 Å². The first-order chi connectivity index (χ1) is 22.2. The van der Waals surface area contributed by atoms with E-state index in [-0.39, 0.29) is 12.5 Å². The average Bonchev–Trinajstić information content (AvgIpc) is 3.05. The second-order valence-electron chi connectivity index (χ2n) is 13.7. The van der Waals surface area contributed by atoms with Gasteiger partial charge in [0.05, 0.1) is 18.8 Å². The summed E-state index contributed by atoms with van der Waals surface area (Å²) in [5, 5.41) is 22.4. The average molecular weight is 634 g/mol. The minimum absolute atomic E-state index is 0.109. The number of amides is 1. The minimum Gasteiger partial charge on any atom is -0.394 e. The van der Waals surface area contributed by atoms with Gasteiger partial charge < -0.3 is 15.5 Å². The molecule has 45 heavy (non-hydrogen) atoms. The van der Waals surface area contributed by atoms with Gasteiger partial charge >= 0.3 is 0 Å². The summed E-state index contributed by atoms with van der Waals surface area (Å²) < 4.78 is 0. The molecule has 4 heteroatoms. The summed E-state index contributed by atoms with van der Waals surface area (Å²) in [6, 6.07) is -0.630. The van der Waals surface area contributed by atoms with Crippen LogP contribution >= 0.6 is 0 Å². The normalized spacial score (nSPS) is 13.2. The molecule has 0 aromatic carbocycles. The Balaban J connectivity index is 3.34. The largest absolute Gasteiger partial charge is 0.394 e. The summed E-state index contributed by atoms with van der Waals surface area (Å²) in [6.07, 6.45) is 48.3. The van der Waals surface area contributed by atoms with Crippen molar-refractivity contribution in [1.29, 1.82) is 0 Å². The maximum Gasteiger partial charge on any atom is 0.220 e. The van der Waals surface area contributed by atoms with Gasteiger partial charge in [-0.25, -0.2) is 0 Å². The van der Waals surface area contributed by atoms with E-state index >= 15 is 0 Å². The Labute approximate surface area is 281 Å². The van der Waals surface area contributed by atoms with Crippen LogP contribution in [0.5, 0.6) is 0 Å². The lowest BCUT2D eigenvalue weighted by Crippen LogP contribution is -2.45. The third-order valence-electron chi connectivity index (χ3n) is 9.19. The number of aliphatic hydroxyl groups is 2. The van der Waals surface area contributed by atoms with E-state index < -0.39 is 12.1 Å². The molecule has 0 bridgehead atoms. The molecule has 0 fully saturated rings. The number of hydrogen-bond acceptors (Lipinski definition) is 3. The molecular formula is C41H79NO3. The van der Waals surface area contributed by atoms with Crippen molar-refractivity contribution in [2.24, 2.45) is 0 Å². The highest BCUT2D eigenvalue weighted by atomic mass is 16.3. The Morgan fingerprint density at radius 1 is 0.511 bits per heavy atom. The molecule has 0 aliphatic heterocycles. The van der Waals surface area contributed by atoms with Crippen LogP contribution in [-0.4, -0.2) is 34.9 Å². The topological polar surface area (TPSA) is 69.6 Å². The van der Waals surface area contributed by atoms with Crippen molar-refractivity contribution in [2.45, 2.75) is 225 Å². The Bertz CT molecular complexity index is 647. The Hall–Kier alpha value is -1.13. The van der Waals surface area contributed by atoms with Crippen molar-refractivity contribution < 1.29 is 15.0 Å². The number of allylic oxidation sites excluding steroid dienone is 3. The summed E-state index contributed by atoms with van der Waals surface area (Å²) in [5.74, 6) is -0.109. The fourth-order valence-corrected chi connectivity index (χ4v) is 6.05. The third kappa shape index (κ3) is 34.0. The zero-order valence-corrected chi connectivity index (χ0v) is 30.4. The molecule has 266 valence electrons. The van der Waals surface area contributed by atoms with E-state index in [0.717, 1.165) is 32.1 Å². The van der Waals surface area contributed by atoms with Crippen LogP contribution in [0.1, 0.15) is 213 Å². The van der Waals surface area contributed by atoms with Gasteiger partial charge in [-0.1, -0.05) is 199 Å². The van der Waals surface area contributed by atoms with Gasteiger partial charge in [0, 0.05) is 6.42 Å². The molecule has 0 radical (unpaired) electrons. The number of rotatable bonds is 36. The number of carbonyl (C=O) groups is 1. The first kappa shape index (κ1) is 43.9. The van der Waals surface area contributed by atoms with E-state index in [1.807, 2.05) is 13.0 Å². The lowest BCUT2D eigenvalue weighted by molar-refractivity contribution is -0.123. The second-order valence-corrected chi connectivity index (χ2v) is 13.7. The van der Waals surface area contributed by atoms with Crippen LogP contribution in [0.4, 0.5) is 0 Å². The summed E-state index contributed by atoms with van der Waals surface area (Å²) in [4.78, 5) is 11.8. The maximum atomic E-state index is 11.8. The smallest absolute Gasteiger partial charge is 0.220 e. The maximum absolute atomic E-state index is 11.8. The lowest BCUT2D eigenvalue weighted by Gasteiger charge is -2.19. The zero-order chi connectivity index (χ0) is 32.9.